The van der Waals surface area contributed by atoms with E-state index in [1.54, 1.807) is 0 Å². The molecule has 0 atom stereocenters. The molecule has 0 radical (unpaired) electrons. The molecule has 0 aromatic carbocycles. The topological polar surface area (TPSA) is 30.8 Å². The zero-order chi connectivity index (χ0) is 9.73. The standard InChI is InChI=1S/C10H19NO2/c1-10(2,3)11-6-4-5-9-12-7-8-13-9/h6,9H,4-5,7-8H2,1-3H3/b11-6-. The number of aliphatic imine (C=N–C) groups is 1. The third-order valence-electron chi connectivity index (χ3n) is 1.70. The summed E-state index contributed by atoms with van der Waals surface area (Å²) in [7, 11) is 0. The number of nitrogens with zero attached hydrogens (tertiary/aromatic N) is 1. The van der Waals surface area contributed by atoms with Gasteiger partial charge in [0, 0.05) is 6.42 Å². The SMILES string of the molecule is CC(C)(C)/N=C\CCC1OCCO1. The van der Waals surface area contributed by atoms with Gasteiger partial charge >= 0.3 is 0 Å². The molecule has 1 fully saturated rings. The summed E-state index contributed by atoms with van der Waals surface area (Å²) in [5.74, 6) is 0. The van der Waals surface area contributed by atoms with Crippen molar-refractivity contribution in [2.75, 3.05) is 13.2 Å². The van der Waals surface area contributed by atoms with Crippen molar-refractivity contribution in [3.63, 3.8) is 0 Å². The van der Waals surface area contributed by atoms with Crippen LogP contribution in [-0.2, 0) is 9.47 Å². The van der Waals surface area contributed by atoms with E-state index in [-0.39, 0.29) is 11.8 Å². The Hall–Kier alpha value is -0.410. The molecule has 0 spiro atoms. The molecule has 3 heteroatoms. The third kappa shape index (κ3) is 5.01. The molecule has 0 aromatic heterocycles. The van der Waals surface area contributed by atoms with Crippen molar-refractivity contribution < 1.29 is 9.47 Å². The monoisotopic (exact) mass is 185 g/mol. The first-order chi connectivity index (χ1) is 6.08. The Morgan fingerprint density at radius 2 is 1.92 bits per heavy atom. The molecule has 1 aliphatic heterocycles. The molecule has 0 amide bonds. The van der Waals surface area contributed by atoms with Crippen LogP contribution in [0.1, 0.15) is 33.6 Å². The van der Waals surface area contributed by atoms with Crippen molar-refractivity contribution in [3.8, 4) is 0 Å². The first kappa shape index (κ1) is 10.7. The fourth-order valence-corrected chi connectivity index (χ4v) is 1.12. The van der Waals surface area contributed by atoms with E-state index >= 15 is 0 Å². The van der Waals surface area contributed by atoms with E-state index in [9.17, 15) is 0 Å². The number of hydrogen-bond acceptors (Lipinski definition) is 3. The van der Waals surface area contributed by atoms with Crippen LogP contribution in [0.2, 0.25) is 0 Å². The van der Waals surface area contributed by atoms with Crippen LogP contribution in [0.3, 0.4) is 0 Å². The highest BCUT2D eigenvalue weighted by atomic mass is 16.7. The summed E-state index contributed by atoms with van der Waals surface area (Å²) in [6.45, 7) is 7.74. The van der Waals surface area contributed by atoms with Crippen LogP contribution < -0.4 is 0 Å². The maximum absolute atomic E-state index is 5.30. The second-order valence-corrected chi connectivity index (χ2v) is 4.23. The van der Waals surface area contributed by atoms with Crippen molar-refractivity contribution >= 4 is 6.21 Å². The molecule has 0 N–H and O–H groups in total. The summed E-state index contributed by atoms with van der Waals surface area (Å²) in [4.78, 5) is 4.38. The fourth-order valence-electron chi connectivity index (χ4n) is 1.12. The first-order valence-corrected chi connectivity index (χ1v) is 4.85. The minimum atomic E-state index is 0.00594. The van der Waals surface area contributed by atoms with E-state index in [0.717, 1.165) is 26.1 Å². The lowest BCUT2D eigenvalue weighted by Crippen LogP contribution is -2.11. The Morgan fingerprint density at radius 3 is 2.46 bits per heavy atom. The zero-order valence-corrected chi connectivity index (χ0v) is 8.75. The molecule has 1 saturated heterocycles. The van der Waals surface area contributed by atoms with Gasteiger partial charge in [0.15, 0.2) is 6.29 Å². The van der Waals surface area contributed by atoms with Crippen molar-refractivity contribution in [1.29, 1.82) is 0 Å². The van der Waals surface area contributed by atoms with Gasteiger partial charge in [0.05, 0.1) is 18.8 Å². The fraction of sp³-hybridized carbons (Fsp3) is 0.900. The Balaban J connectivity index is 2.09. The van der Waals surface area contributed by atoms with E-state index < -0.39 is 0 Å². The summed E-state index contributed by atoms with van der Waals surface area (Å²) >= 11 is 0. The van der Waals surface area contributed by atoms with Crippen LogP contribution in [0.25, 0.3) is 0 Å². The summed E-state index contributed by atoms with van der Waals surface area (Å²) in [5.41, 5.74) is 0.0391. The van der Waals surface area contributed by atoms with E-state index in [1.807, 2.05) is 6.21 Å². The molecule has 0 aliphatic carbocycles. The van der Waals surface area contributed by atoms with Gasteiger partial charge in [-0.1, -0.05) is 0 Å². The van der Waals surface area contributed by atoms with Crippen molar-refractivity contribution in [2.24, 2.45) is 4.99 Å². The van der Waals surface area contributed by atoms with Gasteiger partial charge in [-0.25, -0.2) is 0 Å². The van der Waals surface area contributed by atoms with Gasteiger partial charge in [-0.2, -0.15) is 0 Å². The van der Waals surface area contributed by atoms with E-state index in [2.05, 4.69) is 25.8 Å². The summed E-state index contributed by atoms with van der Waals surface area (Å²) < 4.78 is 10.6. The average Bonchev–Trinajstić information content (AvgIpc) is 2.48. The van der Waals surface area contributed by atoms with Crippen LogP contribution in [-0.4, -0.2) is 31.3 Å². The molecule has 13 heavy (non-hydrogen) atoms. The minimum Gasteiger partial charge on any atom is -0.350 e. The molecule has 0 saturated carbocycles. The van der Waals surface area contributed by atoms with Crippen molar-refractivity contribution in [1.82, 2.24) is 0 Å². The van der Waals surface area contributed by atoms with Gasteiger partial charge in [-0.3, -0.25) is 4.99 Å². The predicted octanol–water partition coefficient (Wildman–Crippen LogP) is 2.01. The smallest absolute Gasteiger partial charge is 0.158 e. The Bertz CT molecular complexity index is 166. The molecule has 0 bridgehead atoms. The van der Waals surface area contributed by atoms with Gasteiger partial charge in [-0.15, -0.1) is 0 Å². The molecule has 3 nitrogen and oxygen atoms in total. The second kappa shape index (κ2) is 4.72. The second-order valence-electron chi connectivity index (χ2n) is 4.23. The lowest BCUT2D eigenvalue weighted by atomic mass is 10.1. The molecular weight excluding hydrogens is 166 g/mol. The van der Waals surface area contributed by atoms with Crippen LogP contribution >= 0.6 is 0 Å². The van der Waals surface area contributed by atoms with Gasteiger partial charge < -0.3 is 9.47 Å². The predicted molar refractivity (Wildman–Crippen MR) is 53.2 cm³/mol. The lowest BCUT2D eigenvalue weighted by Gasteiger charge is -2.11. The number of rotatable bonds is 3. The third-order valence-corrected chi connectivity index (χ3v) is 1.70. The number of ether oxygens (including phenoxy) is 2. The molecule has 1 heterocycles. The molecule has 76 valence electrons. The van der Waals surface area contributed by atoms with Crippen molar-refractivity contribution in [2.45, 2.75) is 45.4 Å². The largest absolute Gasteiger partial charge is 0.350 e. The average molecular weight is 185 g/mol. The van der Waals surface area contributed by atoms with E-state index in [4.69, 9.17) is 9.47 Å². The maximum Gasteiger partial charge on any atom is 0.158 e. The van der Waals surface area contributed by atoms with Crippen LogP contribution in [0.5, 0.6) is 0 Å². The summed E-state index contributed by atoms with van der Waals surface area (Å²) in [6.07, 6.45) is 3.82. The van der Waals surface area contributed by atoms with E-state index in [0.29, 0.717) is 0 Å². The zero-order valence-electron chi connectivity index (χ0n) is 8.75. The van der Waals surface area contributed by atoms with Gasteiger partial charge in [0.25, 0.3) is 0 Å². The highest BCUT2D eigenvalue weighted by Gasteiger charge is 2.14. The Morgan fingerprint density at radius 1 is 1.31 bits per heavy atom. The summed E-state index contributed by atoms with van der Waals surface area (Å²) in [6, 6.07) is 0. The quantitative estimate of drug-likeness (QED) is 0.630. The highest BCUT2D eigenvalue weighted by molar-refractivity contribution is 5.57. The van der Waals surface area contributed by atoms with Crippen molar-refractivity contribution in [3.05, 3.63) is 0 Å². The molecule has 0 aromatic rings. The van der Waals surface area contributed by atoms with Crippen LogP contribution in [0.4, 0.5) is 0 Å². The minimum absolute atomic E-state index is 0.00594. The Kier molecular flexibility index (Phi) is 3.88. The maximum atomic E-state index is 5.30. The van der Waals surface area contributed by atoms with Crippen LogP contribution in [0, 0.1) is 0 Å². The molecule has 1 rings (SSSR count). The number of hydrogen-bond donors (Lipinski definition) is 0. The van der Waals surface area contributed by atoms with Gasteiger partial charge in [0.1, 0.15) is 0 Å². The molecule has 1 aliphatic rings. The highest BCUT2D eigenvalue weighted by Crippen LogP contribution is 2.10. The molecular formula is C10H19NO2. The molecule has 0 unspecified atom stereocenters. The lowest BCUT2D eigenvalue weighted by molar-refractivity contribution is -0.0448. The van der Waals surface area contributed by atoms with Crippen LogP contribution in [0.15, 0.2) is 4.99 Å². The Labute approximate surface area is 80.1 Å². The summed E-state index contributed by atoms with van der Waals surface area (Å²) in [5, 5.41) is 0. The van der Waals surface area contributed by atoms with Gasteiger partial charge in [-0.05, 0) is 33.4 Å². The first-order valence-electron chi connectivity index (χ1n) is 4.85. The normalized spacial score (nSPS) is 20.2. The van der Waals surface area contributed by atoms with E-state index in [1.165, 1.54) is 0 Å². The van der Waals surface area contributed by atoms with Gasteiger partial charge in [0.2, 0.25) is 0 Å².